The number of pyridine rings is 1. The van der Waals surface area contributed by atoms with Gasteiger partial charge in [0.25, 0.3) is 0 Å². The first kappa shape index (κ1) is 16.4. The fourth-order valence-corrected chi connectivity index (χ4v) is 3.40. The van der Waals surface area contributed by atoms with Gasteiger partial charge in [0, 0.05) is 31.8 Å². The Labute approximate surface area is 138 Å². The van der Waals surface area contributed by atoms with Crippen molar-refractivity contribution in [3.8, 4) is 0 Å². The van der Waals surface area contributed by atoms with Crippen molar-refractivity contribution < 1.29 is 14.3 Å². The van der Waals surface area contributed by atoms with Crippen LogP contribution in [0.5, 0.6) is 0 Å². The first-order valence-corrected chi connectivity index (χ1v) is 8.55. The zero-order valence-electron chi connectivity index (χ0n) is 14.1. The lowest BCUT2D eigenvalue weighted by Gasteiger charge is -2.53. The van der Waals surface area contributed by atoms with Gasteiger partial charge in [0.05, 0.1) is 25.8 Å². The highest BCUT2D eigenvalue weighted by Gasteiger charge is 2.49. The lowest BCUT2D eigenvalue weighted by atomic mass is 9.84. The summed E-state index contributed by atoms with van der Waals surface area (Å²) >= 11 is 0. The van der Waals surface area contributed by atoms with Crippen LogP contribution in [0.3, 0.4) is 0 Å². The van der Waals surface area contributed by atoms with Crippen molar-refractivity contribution in [1.82, 2.24) is 9.88 Å². The molecule has 2 aliphatic rings. The van der Waals surface area contributed by atoms with Crippen molar-refractivity contribution in [2.45, 2.75) is 57.8 Å². The molecule has 5 nitrogen and oxygen atoms in total. The topological polar surface area (TPSA) is 51.7 Å². The number of likely N-dealkylation sites (tertiary alicyclic amines) is 1. The Bertz CT molecular complexity index is 555. The van der Waals surface area contributed by atoms with E-state index < -0.39 is 0 Å². The summed E-state index contributed by atoms with van der Waals surface area (Å²) in [5.41, 5.74) is 2.18. The summed E-state index contributed by atoms with van der Waals surface area (Å²) in [5, 5.41) is 0. The second kappa shape index (κ2) is 6.97. The van der Waals surface area contributed by atoms with Gasteiger partial charge in [0.2, 0.25) is 5.91 Å². The van der Waals surface area contributed by atoms with Crippen molar-refractivity contribution in [2.75, 3.05) is 19.7 Å². The van der Waals surface area contributed by atoms with E-state index in [2.05, 4.69) is 11.9 Å². The van der Waals surface area contributed by atoms with Crippen LogP contribution in [0.15, 0.2) is 18.5 Å². The second-order valence-electron chi connectivity index (χ2n) is 6.76. The van der Waals surface area contributed by atoms with E-state index in [9.17, 15) is 4.79 Å². The fraction of sp³-hybridized carbons (Fsp3) is 0.667. The molecule has 0 aliphatic carbocycles. The Morgan fingerprint density at radius 3 is 3.09 bits per heavy atom. The van der Waals surface area contributed by atoms with E-state index in [0.717, 1.165) is 37.9 Å². The number of hydrogen-bond donors (Lipinski definition) is 0. The minimum atomic E-state index is -0.170. The first-order valence-electron chi connectivity index (χ1n) is 8.55. The molecule has 3 heterocycles. The minimum Gasteiger partial charge on any atom is -0.373 e. The molecule has 126 valence electrons. The molecule has 0 bridgehead atoms. The summed E-state index contributed by atoms with van der Waals surface area (Å²) in [6.07, 6.45) is 7.21. The molecular formula is C18H26N2O3. The molecule has 1 amide bonds. The Morgan fingerprint density at radius 1 is 1.52 bits per heavy atom. The average Bonchev–Trinajstić information content (AvgIpc) is 2.52. The Hall–Kier alpha value is -1.46. The van der Waals surface area contributed by atoms with E-state index in [4.69, 9.17) is 9.47 Å². The van der Waals surface area contributed by atoms with E-state index in [1.807, 2.05) is 24.1 Å². The van der Waals surface area contributed by atoms with Crippen molar-refractivity contribution >= 4 is 5.91 Å². The molecule has 1 atom stereocenters. The van der Waals surface area contributed by atoms with E-state index in [-0.39, 0.29) is 17.6 Å². The van der Waals surface area contributed by atoms with Crippen molar-refractivity contribution in [2.24, 2.45) is 0 Å². The highest BCUT2D eigenvalue weighted by Crippen LogP contribution is 2.36. The van der Waals surface area contributed by atoms with E-state index in [1.165, 1.54) is 5.56 Å². The maximum Gasteiger partial charge on any atom is 0.222 e. The van der Waals surface area contributed by atoms with Gasteiger partial charge in [-0.2, -0.15) is 0 Å². The van der Waals surface area contributed by atoms with Crippen LogP contribution in [0.25, 0.3) is 0 Å². The molecule has 2 aliphatic heterocycles. The molecule has 1 aromatic rings. The number of carbonyl (C=O) groups excluding carboxylic acids is 1. The zero-order chi connectivity index (χ0) is 16.3. The molecule has 2 fully saturated rings. The summed E-state index contributed by atoms with van der Waals surface area (Å²) in [7, 11) is 0. The molecule has 0 saturated carbocycles. The van der Waals surface area contributed by atoms with Gasteiger partial charge in [0.1, 0.15) is 5.60 Å². The van der Waals surface area contributed by atoms with Gasteiger partial charge >= 0.3 is 0 Å². The van der Waals surface area contributed by atoms with Crippen LogP contribution in [0.2, 0.25) is 0 Å². The third-order valence-corrected chi connectivity index (χ3v) is 4.84. The molecule has 0 N–H and O–H groups in total. The molecule has 5 heteroatoms. The maximum absolute atomic E-state index is 11.9. The lowest BCUT2D eigenvalue weighted by Crippen LogP contribution is -2.67. The van der Waals surface area contributed by atoms with Gasteiger partial charge in [-0.15, -0.1) is 0 Å². The molecule has 1 spiro atoms. The minimum absolute atomic E-state index is 0.170. The molecule has 2 saturated heterocycles. The molecule has 0 unspecified atom stereocenters. The summed E-state index contributed by atoms with van der Waals surface area (Å²) in [6, 6.07) is 2.01. The number of aromatic nitrogens is 1. The highest BCUT2D eigenvalue weighted by molar-refractivity contribution is 5.77. The van der Waals surface area contributed by atoms with Crippen LogP contribution in [0, 0.1) is 6.92 Å². The van der Waals surface area contributed by atoms with Gasteiger partial charge in [-0.05, 0) is 37.0 Å². The highest BCUT2D eigenvalue weighted by atomic mass is 16.5. The Kier molecular flexibility index (Phi) is 4.97. The first-order chi connectivity index (χ1) is 11.1. The van der Waals surface area contributed by atoms with Gasteiger partial charge in [-0.3, -0.25) is 9.78 Å². The standard InChI is InChI=1S/C18H26N2O3/c1-3-4-17(21)20-12-18(13-20)9-16(6-8-23-18)22-11-15-10-19-7-5-14(15)2/h5,7,10,16H,3-4,6,8-9,11-13H2,1-2H3/t16-/m1/s1. The Balaban J connectivity index is 1.50. The summed E-state index contributed by atoms with van der Waals surface area (Å²) < 4.78 is 12.1. The zero-order valence-corrected chi connectivity index (χ0v) is 14.1. The Morgan fingerprint density at radius 2 is 2.35 bits per heavy atom. The van der Waals surface area contributed by atoms with Crippen molar-refractivity contribution in [3.05, 3.63) is 29.6 Å². The monoisotopic (exact) mass is 318 g/mol. The quantitative estimate of drug-likeness (QED) is 0.837. The number of aryl methyl sites for hydroxylation is 1. The average molecular weight is 318 g/mol. The molecule has 1 aromatic heterocycles. The van der Waals surface area contributed by atoms with Gasteiger partial charge in [-0.25, -0.2) is 0 Å². The van der Waals surface area contributed by atoms with Crippen molar-refractivity contribution in [3.63, 3.8) is 0 Å². The van der Waals surface area contributed by atoms with Crippen LogP contribution in [-0.4, -0.2) is 47.2 Å². The number of rotatable bonds is 5. The maximum atomic E-state index is 11.9. The fourth-order valence-electron chi connectivity index (χ4n) is 3.40. The molecule has 0 radical (unpaired) electrons. The predicted molar refractivity (Wildman–Crippen MR) is 87.0 cm³/mol. The van der Waals surface area contributed by atoms with E-state index in [1.54, 1.807) is 6.20 Å². The van der Waals surface area contributed by atoms with E-state index >= 15 is 0 Å². The molecule has 23 heavy (non-hydrogen) atoms. The van der Waals surface area contributed by atoms with Crippen LogP contribution >= 0.6 is 0 Å². The largest absolute Gasteiger partial charge is 0.373 e. The predicted octanol–water partition coefficient (Wildman–Crippen LogP) is 2.47. The number of nitrogens with zero attached hydrogens (tertiary/aromatic N) is 2. The SMILES string of the molecule is CCCC(=O)N1CC2(C[C@H](OCc3cnccc3C)CCO2)C1. The third kappa shape index (κ3) is 3.72. The number of carbonyl (C=O) groups is 1. The van der Waals surface area contributed by atoms with Gasteiger partial charge < -0.3 is 14.4 Å². The normalized spacial score (nSPS) is 22.9. The van der Waals surface area contributed by atoms with Gasteiger partial charge in [0.15, 0.2) is 0 Å². The van der Waals surface area contributed by atoms with Crippen LogP contribution in [0.1, 0.15) is 43.7 Å². The van der Waals surface area contributed by atoms with Crippen LogP contribution in [-0.2, 0) is 20.9 Å². The summed E-state index contributed by atoms with van der Waals surface area (Å²) in [5.74, 6) is 0.246. The molecule has 0 aromatic carbocycles. The summed E-state index contributed by atoms with van der Waals surface area (Å²) in [4.78, 5) is 18.0. The lowest BCUT2D eigenvalue weighted by molar-refractivity contribution is -0.202. The van der Waals surface area contributed by atoms with E-state index in [0.29, 0.717) is 19.6 Å². The molecular weight excluding hydrogens is 292 g/mol. The number of ether oxygens (including phenoxy) is 2. The van der Waals surface area contributed by atoms with Crippen molar-refractivity contribution in [1.29, 1.82) is 0 Å². The summed E-state index contributed by atoms with van der Waals surface area (Å²) in [6.45, 7) is 6.87. The number of amides is 1. The third-order valence-electron chi connectivity index (χ3n) is 4.84. The van der Waals surface area contributed by atoms with Crippen LogP contribution in [0.4, 0.5) is 0 Å². The van der Waals surface area contributed by atoms with Gasteiger partial charge in [-0.1, -0.05) is 6.92 Å². The van der Waals surface area contributed by atoms with Crippen LogP contribution < -0.4 is 0 Å². The molecule has 3 rings (SSSR count). The number of hydrogen-bond acceptors (Lipinski definition) is 4. The smallest absolute Gasteiger partial charge is 0.222 e. The second-order valence-corrected chi connectivity index (χ2v) is 6.76.